The molecular formula is C10H8N4O2S. The molecule has 0 saturated carbocycles. The third-order valence-electron chi connectivity index (χ3n) is 2.17. The fraction of sp³-hybridized carbons (Fsp3) is 0.200. The van der Waals surface area contributed by atoms with Crippen LogP contribution in [0.2, 0.25) is 0 Å². The molecule has 3 rings (SSSR count). The second kappa shape index (κ2) is 4.10. The average Bonchev–Trinajstić information content (AvgIpc) is 3.09. The largest absolute Gasteiger partial charge is 0.329 e. The van der Waals surface area contributed by atoms with E-state index in [1.807, 2.05) is 23.8 Å². The molecule has 0 atom stereocenters. The van der Waals surface area contributed by atoms with Crippen molar-refractivity contribution < 1.29 is 9.05 Å². The summed E-state index contributed by atoms with van der Waals surface area (Å²) in [5.74, 6) is 1.65. The molecule has 86 valence electrons. The zero-order valence-electron chi connectivity index (χ0n) is 8.95. The lowest BCUT2D eigenvalue weighted by Crippen LogP contribution is -1.82. The lowest BCUT2D eigenvalue weighted by atomic mass is 10.3. The number of hydrogen-bond donors (Lipinski definition) is 0. The Balaban J connectivity index is 1.94. The fourth-order valence-corrected chi connectivity index (χ4v) is 1.94. The molecule has 17 heavy (non-hydrogen) atoms. The van der Waals surface area contributed by atoms with Crippen molar-refractivity contribution in [2.75, 3.05) is 0 Å². The van der Waals surface area contributed by atoms with E-state index in [0.29, 0.717) is 18.1 Å². The maximum atomic E-state index is 5.08. The Morgan fingerprint density at radius 1 is 1.18 bits per heavy atom. The normalized spacial score (nSPS) is 10.9. The van der Waals surface area contributed by atoms with Crippen LogP contribution in [0.4, 0.5) is 0 Å². The number of aromatic nitrogens is 4. The second-order valence-corrected chi connectivity index (χ2v) is 4.08. The molecule has 3 heterocycles. The van der Waals surface area contributed by atoms with Crippen LogP contribution < -0.4 is 0 Å². The Morgan fingerprint density at radius 2 is 2.00 bits per heavy atom. The van der Waals surface area contributed by atoms with Gasteiger partial charge in [0.1, 0.15) is 0 Å². The Kier molecular flexibility index (Phi) is 2.45. The van der Waals surface area contributed by atoms with Crippen molar-refractivity contribution in [2.24, 2.45) is 0 Å². The first-order chi connectivity index (χ1) is 8.36. The van der Waals surface area contributed by atoms with Crippen molar-refractivity contribution in [1.29, 1.82) is 0 Å². The van der Waals surface area contributed by atoms with Gasteiger partial charge in [0.25, 0.3) is 0 Å². The molecule has 0 unspecified atom stereocenters. The minimum absolute atomic E-state index is 0.249. The molecule has 0 aliphatic rings. The Hall–Kier alpha value is -2.02. The molecule has 0 fully saturated rings. The van der Waals surface area contributed by atoms with Gasteiger partial charge in [-0.3, -0.25) is 0 Å². The van der Waals surface area contributed by atoms with Gasteiger partial charge in [-0.15, -0.1) is 0 Å². The summed E-state index contributed by atoms with van der Waals surface area (Å²) in [6.07, 6.45) is 0.703. The van der Waals surface area contributed by atoms with E-state index in [9.17, 15) is 0 Å². The molecule has 0 aliphatic heterocycles. The van der Waals surface area contributed by atoms with Crippen LogP contribution in [-0.2, 0) is 6.42 Å². The molecule has 6 nitrogen and oxygen atoms in total. The van der Waals surface area contributed by atoms with Crippen molar-refractivity contribution >= 4 is 11.3 Å². The summed E-state index contributed by atoms with van der Waals surface area (Å²) in [6.45, 7) is 1.94. The monoisotopic (exact) mass is 248 g/mol. The number of thiophene rings is 1. The first kappa shape index (κ1) is 10.2. The maximum Gasteiger partial charge on any atom is 0.316 e. The van der Waals surface area contributed by atoms with E-state index in [0.717, 1.165) is 5.56 Å². The lowest BCUT2D eigenvalue weighted by molar-refractivity contribution is 0.380. The maximum absolute atomic E-state index is 5.08. The van der Waals surface area contributed by atoms with Gasteiger partial charge in [-0.2, -0.15) is 21.3 Å². The SMILES string of the molecule is CCc1noc(-c2nc(-c3ccsc3)no2)n1. The molecule has 3 aromatic heterocycles. The van der Waals surface area contributed by atoms with Crippen LogP contribution in [0.5, 0.6) is 0 Å². The molecule has 7 heteroatoms. The summed E-state index contributed by atoms with van der Waals surface area (Å²) in [7, 11) is 0. The highest BCUT2D eigenvalue weighted by Crippen LogP contribution is 2.22. The first-order valence-electron chi connectivity index (χ1n) is 5.06. The second-order valence-electron chi connectivity index (χ2n) is 3.30. The summed E-state index contributed by atoms with van der Waals surface area (Å²) < 4.78 is 10.1. The number of aryl methyl sites for hydroxylation is 1. The van der Waals surface area contributed by atoms with E-state index >= 15 is 0 Å². The molecular weight excluding hydrogens is 240 g/mol. The third-order valence-corrected chi connectivity index (χ3v) is 2.86. The van der Waals surface area contributed by atoms with E-state index in [2.05, 4.69) is 20.3 Å². The number of hydrogen-bond acceptors (Lipinski definition) is 7. The molecule has 0 aliphatic carbocycles. The molecule has 0 spiro atoms. The van der Waals surface area contributed by atoms with Crippen molar-refractivity contribution in [1.82, 2.24) is 20.3 Å². The Bertz CT molecular complexity index is 614. The van der Waals surface area contributed by atoms with Crippen LogP contribution in [0.1, 0.15) is 12.7 Å². The van der Waals surface area contributed by atoms with Crippen molar-refractivity contribution in [3.05, 3.63) is 22.7 Å². The van der Waals surface area contributed by atoms with Crippen LogP contribution in [0, 0.1) is 0 Å². The summed E-state index contributed by atoms with van der Waals surface area (Å²) in [6, 6.07) is 1.92. The summed E-state index contributed by atoms with van der Waals surface area (Å²) >= 11 is 1.57. The molecule has 0 amide bonds. The minimum atomic E-state index is 0.249. The van der Waals surface area contributed by atoms with E-state index in [1.165, 1.54) is 0 Å². The Labute approximate surface area is 100 Å². The highest BCUT2D eigenvalue weighted by Gasteiger charge is 2.16. The number of nitrogens with zero attached hydrogens (tertiary/aromatic N) is 4. The molecule has 0 aromatic carbocycles. The zero-order valence-corrected chi connectivity index (χ0v) is 9.77. The van der Waals surface area contributed by atoms with Crippen molar-refractivity contribution in [3.63, 3.8) is 0 Å². The van der Waals surface area contributed by atoms with Crippen LogP contribution in [0.25, 0.3) is 23.2 Å². The van der Waals surface area contributed by atoms with Crippen molar-refractivity contribution in [3.8, 4) is 23.2 Å². The summed E-state index contributed by atoms with van der Waals surface area (Å²) in [5.41, 5.74) is 0.917. The molecule has 3 aromatic rings. The van der Waals surface area contributed by atoms with Gasteiger partial charge in [0.05, 0.1) is 0 Å². The van der Waals surface area contributed by atoms with Gasteiger partial charge in [0.15, 0.2) is 5.82 Å². The van der Waals surface area contributed by atoms with Gasteiger partial charge in [-0.25, -0.2) is 0 Å². The lowest BCUT2D eigenvalue weighted by Gasteiger charge is -1.82. The van der Waals surface area contributed by atoms with E-state index in [-0.39, 0.29) is 11.8 Å². The van der Waals surface area contributed by atoms with Crippen LogP contribution in [0.15, 0.2) is 25.9 Å². The average molecular weight is 248 g/mol. The fourth-order valence-electron chi connectivity index (χ4n) is 1.30. The molecule has 0 N–H and O–H groups in total. The Morgan fingerprint density at radius 3 is 2.71 bits per heavy atom. The standard InChI is InChI=1S/C10H8N4O2S/c1-2-7-11-9(15-13-7)10-12-8(14-16-10)6-3-4-17-5-6/h3-5H,2H2,1H3. The third kappa shape index (κ3) is 1.84. The highest BCUT2D eigenvalue weighted by molar-refractivity contribution is 7.08. The van der Waals surface area contributed by atoms with Gasteiger partial charge in [0, 0.05) is 17.4 Å². The predicted octanol–water partition coefficient (Wildman–Crippen LogP) is 2.41. The summed E-state index contributed by atoms with van der Waals surface area (Å²) in [4.78, 5) is 8.33. The van der Waals surface area contributed by atoms with Crippen molar-refractivity contribution in [2.45, 2.75) is 13.3 Å². The van der Waals surface area contributed by atoms with E-state index in [1.54, 1.807) is 11.3 Å². The van der Waals surface area contributed by atoms with E-state index in [4.69, 9.17) is 9.05 Å². The van der Waals surface area contributed by atoms with Crippen LogP contribution in [0.3, 0.4) is 0 Å². The highest BCUT2D eigenvalue weighted by atomic mass is 32.1. The smallest absolute Gasteiger partial charge is 0.316 e. The quantitative estimate of drug-likeness (QED) is 0.708. The topological polar surface area (TPSA) is 77.8 Å². The summed E-state index contributed by atoms with van der Waals surface area (Å²) in [5, 5.41) is 11.5. The van der Waals surface area contributed by atoms with E-state index < -0.39 is 0 Å². The zero-order chi connectivity index (χ0) is 11.7. The number of rotatable bonds is 3. The molecule has 0 bridgehead atoms. The first-order valence-corrected chi connectivity index (χ1v) is 6.00. The van der Waals surface area contributed by atoms with Gasteiger partial charge >= 0.3 is 11.8 Å². The van der Waals surface area contributed by atoms with Crippen LogP contribution in [-0.4, -0.2) is 20.3 Å². The van der Waals surface area contributed by atoms with Crippen LogP contribution >= 0.6 is 11.3 Å². The predicted molar refractivity (Wildman–Crippen MR) is 60.3 cm³/mol. The van der Waals surface area contributed by atoms with Gasteiger partial charge < -0.3 is 9.05 Å². The van der Waals surface area contributed by atoms with Gasteiger partial charge in [-0.1, -0.05) is 17.2 Å². The molecule has 0 radical (unpaired) electrons. The van der Waals surface area contributed by atoms with Gasteiger partial charge in [0.2, 0.25) is 5.82 Å². The molecule has 0 saturated heterocycles. The van der Waals surface area contributed by atoms with Gasteiger partial charge in [-0.05, 0) is 11.4 Å². The minimum Gasteiger partial charge on any atom is -0.329 e.